The number of aromatic amines is 1. The number of carbonyl (C=O) groups is 1. The largest absolute Gasteiger partial charge is 0.365 e. The molecule has 2 aromatic rings. The molecule has 0 fully saturated rings. The fraction of sp³-hybridized carbons (Fsp3) is 0.0833. The first-order valence-corrected chi connectivity index (χ1v) is 6.01. The maximum absolute atomic E-state index is 11.7. The van der Waals surface area contributed by atoms with E-state index in [4.69, 9.17) is 0 Å². The van der Waals surface area contributed by atoms with Gasteiger partial charge >= 0.3 is 0 Å². The van der Waals surface area contributed by atoms with Crippen molar-refractivity contribution in [1.82, 2.24) is 9.97 Å². The molecule has 2 N–H and O–H groups in total. The Bertz CT molecular complexity index is 610. The van der Waals surface area contributed by atoms with Crippen LogP contribution in [-0.2, 0) is 11.2 Å². The van der Waals surface area contributed by atoms with Gasteiger partial charge in [0.2, 0.25) is 11.3 Å². The summed E-state index contributed by atoms with van der Waals surface area (Å²) >= 11 is 3.10. The Balaban J connectivity index is 2.08. The molecule has 1 amide bonds. The van der Waals surface area contributed by atoms with Gasteiger partial charge in [-0.25, -0.2) is 0 Å². The monoisotopic (exact) mass is 307 g/mol. The lowest BCUT2D eigenvalue weighted by Crippen LogP contribution is -2.20. The third-order valence-corrected chi connectivity index (χ3v) is 2.85. The summed E-state index contributed by atoms with van der Waals surface area (Å²) in [6.07, 6.45) is 6.40. The molecule has 92 valence electrons. The molecule has 0 saturated carbocycles. The highest BCUT2D eigenvalue weighted by molar-refractivity contribution is 9.10. The molecule has 0 unspecified atom stereocenters. The maximum atomic E-state index is 11.7. The highest BCUT2D eigenvalue weighted by Crippen LogP contribution is 2.06. The molecule has 18 heavy (non-hydrogen) atoms. The number of anilines is 1. The van der Waals surface area contributed by atoms with Gasteiger partial charge < -0.3 is 10.3 Å². The highest BCUT2D eigenvalue weighted by Gasteiger charge is 2.08. The zero-order valence-electron chi connectivity index (χ0n) is 9.31. The number of carbonyl (C=O) groups excluding carboxylic acids is 1. The number of nitrogens with zero attached hydrogens (tertiary/aromatic N) is 1. The van der Waals surface area contributed by atoms with Crippen LogP contribution in [0.4, 0.5) is 5.69 Å². The lowest BCUT2D eigenvalue weighted by Gasteiger charge is -2.04. The van der Waals surface area contributed by atoms with E-state index in [-0.39, 0.29) is 23.4 Å². The number of nitrogens with one attached hydrogen (secondary N) is 2. The van der Waals surface area contributed by atoms with E-state index >= 15 is 0 Å². The van der Waals surface area contributed by atoms with Gasteiger partial charge in [-0.05, 0) is 27.6 Å². The molecule has 0 radical (unpaired) electrons. The van der Waals surface area contributed by atoms with Crippen molar-refractivity contribution in [1.29, 1.82) is 0 Å². The van der Waals surface area contributed by atoms with Crippen molar-refractivity contribution in [2.24, 2.45) is 0 Å². The van der Waals surface area contributed by atoms with E-state index in [1.54, 1.807) is 24.5 Å². The first-order valence-electron chi connectivity index (χ1n) is 5.22. The summed E-state index contributed by atoms with van der Waals surface area (Å²) in [6.45, 7) is 0. The minimum absolute atomic E-state index is 0.180. The number of hydrogen-bond donors (Lipinski definition) is 2. The molecular formula is C12H10BrN3O2. The predicted molar refractivity (Wildman–Crippen MR) is 71.3 cm³/mol. The second-order valence-electron chi connectivity index (χ2n) is 3.63. The summed E-state index contributed by atoms with van der Waals surface area (Å²) in [6, 6.07) is 3.56. The zero-order chi connectivity index (χ0) is 13.0. The van der Waals surface area contributed by atoms with E-state index in [1.807, 2.05) is 0 Å². The molecule has 2 rings (SSSR count). The summed E-state index contributed by atoms with van der Waals surface area (Å²) in [5.74, 6) is -0.258. The summed E-state index contributed by atoms with van der Waals surface area (Å²) in [7, 11) is 0. The topological polar surface area (TPSA) is 74.8 Å². The van der Waals surface area contributed by atoms with Crippen LogP contribution < -0.4 is 10.7 Å². The van der Waals surface area contributed by atoms with Crippen molar-refractivity contribution in [2.45, 2.75) is 6.42 Å². The lowest BCUT2D eigenvalue weighted by atomic mass is 10.2. The van der Waals surface area contributed by atoms with Crippen molar-refractivity contribution >= 4 is 27.5 Å². The maximum Gasteiger partial charge on any atom is 0.228 e. The van der Waals surface area contributed by atoms with E-state index < -0.39 is 0 Å². The molecule has 0 bridgehead atoms. The van der Waals surface area contributed by atoms with E-state index in [0.29, 0.717) is 4.47 Å². The smallest absolute Gasteiger partial charge is 0.228 e. The predicted octanol–water partition coefficient (Wildman–Crippen LogP) is 1.71. The Morgan fingerprint density at radius 2 is 2.28 bits per heavy atom. The van der Waals surface area contributed by atoms with Gasteiger partial charge in [0, 0.05) is 24.8 Å². The van der Waals surface area contributed by atoms with Gasteiger partial charge in [-0.1, -0.05) is 6.07 Å². The number of aromatic nitrogens is 2. The van der Waals surface area contributed by atoms with Crippen molar-refractivity contribution in [3.8, 4) is 0 Å². The summed E-state index contributed by atoms with van der Waals surface area (Å²) in [5, 5.41) is 2.56. The van der Waals surface area contributed by atoms with Crippen LogP contribution in [0.1, 0.15) is 5.56 Å². The first-order chi connectivity index (χ1) is 8.66. The molecule has 0 spiro atoms. The Hall–Kier alpha value is -1.95. The van der Waals surface area contributed by atoms with Crippen molar-refractivity contribution in [3.05, 3.63) is 57.2 Å². The van der Waals surface area contributed by atoms with Crippen molar-refractivity contribution < 1.29 is 4.79 Å². The fourth-order valence-electron chi connectivity index (χ4n) is 1.43. The average Bonchev–Trinajstić information content (AvgIpc) is 2.36. The normalized spacial score (nSPS) is 10.1. The van der Waals surface area contributed by atoms with Crippen LogP contribution in [0.2, 0.25) is 0 Å². The third-order valence-electron chi connectivity index (χ3n) is 2.26. The van der Waals surface area contributed by atoms with E-state index in [2.05, 4.69) is 31.2 Å². The second-order valence-corrected chi connectivity index (χ2v) is 4.49. The van der Waals surface area contributed by atoms with Crippen LogP contribution in [-0.4, -0.2) is 15.9 Å². The van der Waals surface area contributed by atoms with Gasteiger partial charge in [-0.3, -0.25) is 14.6 Å². The van der Waals surface area contributed by atoms with E-state index in [0.717, 1.165) is 5.56 Å². The number of halogens is 1. The average molecular weight is 308 g/mol. The minimum atomic E-state index is -0.258. The number of amides is 1. The van der Waals surface area contributed by atoms with Crippen LogP contribution in [0, 0.1) is 0 Å². The van der Waals surface area contributed by atoms with Crippen molar-refractivity contribution in [2.75, 3.05) is 5.32 Å². The fourth-order valence-corrected chi connectivity index (χ4v) is 1.78. The van der Waals surface area contributed by atoms with Crippen molar-refractivity contribution in [3.63, 3.8) is 0 Å². The lowest BCUT2D eigenvalue weighted by molar-refractivity contribution is -0.115. The number of H-pyrrole nitrogens is 1. The quantitative estimate of drug-likeness (QED) is 0.906. The Morgan fingerprint density at radius 3 is 3.00 bits per heavy atom. The summed E-state index contributed by atoms with van der Waals surface area (Å²) in [4.78, 5) is 30.1. The molecule has 0 aliphatic heterocycles. The molecule has 2 aromatic heterocycles. The standard InChI is InChI=1S/C12H10BrN3O2/c13-9-6-15-7-10(12(9)18)16-11(17)4-8-2-1-3-14-5-8/h1-3,5-7H,4H2,(H,15,18)(H,16,17). The van der Waals surface area contributed by atoms with Gasteiger partial charge in [0.15, 0.2) is 0 Å². The highest BCUT2D eigenvalue weighted by atomic mass is 79.9. The second kappa shape index (κ2) is 5.59. The summed E-state index contributed by atoms with van der Waals surface area (Å²) < 4.78 is 0.377. The Morgan fingerprint density at radius 1 is 1.44 bits per heavy atom. The molecule has 0 atom stereocenters. The number of pyridine rings is 2. The molecule has 0 aliphatic carbocycles. The SMILES string of the molecule is O=C(Cc1cccnc1)Nc1c[nH]cc(Br)c1=O. The van der Waals surface area contributed by atoms with Gasteiger partial charge in [0.05, 0.1) is 10.9 Å². The zero-order valence-corrected chi connectivity index (χ0v) is 10.9. The minimum Gasteiger partial charge on any atom is -0.365 e. The molecular weight excluding hydrogens is 298 g/mol. The van der Waals surface area contributed by atoms with Crippen LogP contribution in [0.5, 0.6) is 0 Å². The van der Waals surface area contributed by atoms with Crippen LogP contribution in [0.3, 0.4) is 0 Å². The molecule has 0 aliphatic rings. The molecule has 5 nitrogen and oxygen atoms in total. The van der Waals surface area contributed by atoms with E-state index in [9.17, 15) is 9.59 Å². The number of rotatable bonds is 3. The summed E-state index contributed by atoms with van der Waals surface area (Å²) in [5.41, 5.74) is 0.757. The van der Waals surface area contributed by atoms with Gasteiger partial charge in [-0.15, -0.1) is 0 Å². The molecule has 6 heteroatoms. The Labute approximate surface area is 111 Å². The van der Waals surface area contributed by atoms with Crippen LogP contribution in [0.25, 0.3) is 0 Å². The van der Waals surface area contributed by atoms with E-state index in [1.165, 1.54) is 12.4 Å². The van der Waals surface area contributed by atoms with Gasteiger partial charge in [0.1, 0.15) is 5.69 Å². The number of hydrogen-bond acceptors (Lipinski definition) is 3. The van der Waals surface area contributed by atoms with Gasteiger partial charge in [0.25, 0.3) is 0 Å². The van der Waals surface area contributed by atoms with Crippen LogP contribution >= 0.6 is 15.9 Å². The molecule has 2 heterocycles. The van der Waals surface area contributed by atoms with Gasteiger partial charge in [-0.2, -0.15) is 0 Å². The third kappa shape index (κ3) is 3.04. The first kappa shape index (κ1) is 12.5. The molecule has 0 saturated heterocycles. The van der Waals surface area contributed by atoms with Crippen LogP contribution in [0.15, 0.2) is 46.2 Å². The Kier molecular flexibility index (Phi) is 3.88. The molecule has 0 aromatic carbocycles.